The number of anilines is 2. The van der Waals surface area contributed by atoms with Gasteiger partial charge in [0.1, 0.15) is 17.5 Å². The van der Waals surface area contributed by atoms with Gasteiger partial charge in [-0.05, 0) is 24.3 Å². The molecule has 0 radical (unpaired) electrons. The van der Waals surface area contributed by atoms with Crippen LogP contribution in [0.2, 0.25) is 0 Å². The Morgan fingerprint density at radius 1 is 1.07 bits per heavy atom. The third-order valence-electron chi connectivity index (χ3n) is 5.31. The molecule has 0 saturated carbocycles. The van der Waals surface area contributed by atoms with Crippen molar-refractivity contribution in [2.45, 2.75) is 6.42 Å². The lowest BCUT2D eigenvalue weighted by Gasteiger charge is -2.19. The van der Waals surface area contributed by atoms with Crippen LogP contribution in [0.5, 0.6) is 0 Å². The molecule has 5 heterocycles. The number of hydrogen-bond donors (Lipinski definition) is 1. The molecule has 6 rings (SSSR count). The first-order valence-corrected chi connectivity index (χ1v) is 9.41. The van der Waals surface area contributed by atoms with Crippen molar-refractivity contribution in [2.75, 3.05) is 5.32 Å². The Morgan fingerprint density at radius 2 is 2.00 bits per heavy atom. The largest absolute Gasteiger partial charge is 0.309 e. The van der Waals surface area contributed by atoms with Crippen molar-refractivity contribution in [2.24, 2.45) is 7.05 Å². The zero-order chi connectivity index (χ0) is 20.2. The van der Waals surface area contributed by atoms with Gasteiger partial charge in [-0.3, -0.25) is 9.08 Å². The number of pyridine rings is 1. The number of hydrogen-bond acceptors (Lipinski definition) is 6. The lowest BCUT2D eigenvalue weighted by molar-refractivity contribution is 0.610. The quantitative estimate of drug-likeness (QED) is 0.492. The van der Waals surface area contributed by atoms with Gasteiger partial charge in [0.25, 0.3) is 0 Å². The van der Waals surface area contributed by atoms with Crippen LogP contribution in [0.4, 0.5) is 16.2 Å². The third-order valence-corrected chi connectivity index (χ3v) is 5.31. The zero-order valence-corrected chi connectivity index (χ0v) is 15.9. The molecule has 5 aromatic rings. The lowest BCUT2D eigenvalue weighted by atomic mass is 9.96. The molecule has 146 valence electrons. The molecule has 0 spiro atoms. The highest BCUT2D eigenvalue weighted by atomic mass is 19.1. The Balaban J connectivity index is 1.50. The van der Waals surface area contributed by atoms with E-state index in [4.69, 9.17) is 0 Å². The molecule has 0 saturated heterocycles. The number of benzene rings is 1. The first-order valence-electron chi connectivity index (χ1n) is 9.41. The molecule has 0 unspecified atom stereocenters. The predicted molar refractivity (Wildman–Crippen MR) is 109 cm³/mol. The van der Waals surface area contributed by atoms with Crippen molar-refractivity contribution < 1.29 is 4.39 Å². The van der Waals surface area contributed by atoms with Crippen LogP contribution < -0.4 is 5.32 Å². The predicted octanol–water partition coefficient (Wildman–Crippen LogP) is 3.37. The maximum absolute atomic E-state index is 14.5. The molecule has 1 N–H and O–H groups in total. The Morgan fingerprint density at radius 3 is 2.87 bits per heavy atom. The number of halogens is 1. The van der Waals surface area contributed by atoms with E-state index >= 15 is 0 Å². The number of nitrogens with zero attached hydrogens (tertiary/aromatic N) is 7. The molecule has 4 aromatic heterocycles. The first-order chi connectivity index (χ1) is 14.7. The monoisotopic (exact) mass is 398 g/mol. The number of rotatable bonds is 3. The maximum atomic E-state index is 14.5. The summed E-state index contributed by atoms with van der Waals surface area (Å²) in [6.07, 6.45) is 3.81. The topological polar surface area (TPSA) is 85.8 Å². The van der Waals surface area contributed by atoms with Crippen LogP contribution >= 0.6 is 0 Å². The van der Waals surface area contributed by atoms with Crippen LogP contribution in [0.3, 0.4) is 0 Å². The molecule has 1 aliphatic rings. The van der Waals surface area contributed by atoms with Crippen molar-refractivity contribution >= 4 is 17.4 Å². The van der Waals surface area contributed by atoms with Crippen molar-refractivity contribution in [3.8, 4) is 22.5 Å². The van der Waals surface area contributed by atoms with E-state index in [0.29, 0.717) is 23.6 Å². The van der Waals surface area contributed by atoms with Crippen LogP contribution in [0.25, 0.3) is 28.2 Å². The van der Waals surface area contributed by atoms with E-state index in [1.807, 2.05) is 41.8 Å². The number of aryl methyl sites for hydroxylation is 1. The normalized spacial score (nSPS) is 12.2. The highest BCUT2D eigenvalue weighted by Gasteiger charge is 2.24. The summed E-state index contributed by atoms with van der Waals surface area (Å²) in [7, 11) is 1.84. The van der Waals surface area contributed by atoms with E-state index in [1.165, 1.54) is 6.07 Å². The van der Waals surface area contributed by atoms with Gasteiger partial charge >= 0.3 is 0 Å². The third kappa shape index (κ3) is 2.48. The standard InChI is InChI=1S/C21H15FN8/c1-29-18(6-8-24-29)26-21-23-7-5-16(25-21)12-9-17-13-3-2-4-15(22)14(13)11-20-28-27-19(10-12)30(17)20/h2-10H,11H2,1H3,(H,23,25,26). The minimum absolute atomic E-state index is 0.231. The summed E-state index contributed by atoms with van der Waals surface area (Å²) in [6, 6.07) is 12.7. The van der Waals surface area contributed by atoms with Gasteiger partial charge in [0.05, 0.1) is 17.6 Å². The van der Waals surface area contributed by atoms with Crippen molar-refractivity contribution in [3.63, 3.8) is 0 Å². The molecule has 1 aliphatic heterocycles. The summed E-state index contributed by atoms with van der Waals surface area (Å²) in [5.41, 5.74) is 4.61. The summed E-state index contributed by atoms with van der Waals surface area (Å²) in [5, 5.41) is 15.9. The van der Waals surface area contributed by atoms with E-state index in [-0.39, 0.29) is 5.82 Å². The van der Waals surface area contributed by atoms with Gasteiger partial charge in [-0.2, -0.15) is 5.10 Å². The van der Waals surface area contributed by atoms with Crippen molar-refractivity contribution in [1.82, 2.24) is 34.3 Å². The van der Waals surface area contributed by atoms with Gasteiger partial charge in [0.2, 0.25) is 5.95 Å². The fourth-order valence-corrected chi connectivity index (χ4v) is 3.87. The minimum Gasteiger partial charge on any atom is -0.309 e. The summed E-state index contributed by atoms with van der Waals surface area (Å²) in [5.74, 6) is 1.73. The number of fused-ring (bicyclic) bond motifs is 2. The summed E-state index contributed by atoms with van der Waals surface area (Å²) in [4.78, 5) is 8.95. The van der Waals surface area contributed by atoms with Crippen molar-refractivity contribution in [1.29, 1.82) is 0 Å². The van der Waals surface area contributed by atoms with Gasteiger partial charge in [0.15, 0.2) is 5.65 Å². The van der Waals surface area contributed by atoms with E-state index in [2.05, 4.69) is 30.6 Å². The average Bonchev–Trinajstić information content (AvgIpc) is 3.36. The molecule has 0 aliphatic carbocycles. The summed E-state index contributed by atoms with van der Waals surface area (Å²) >= 11 is 0. The maximum Gasteiger partial charge on any atom is 0.228 e. The zero-order valence-electron chi connectivity index (χ0n) is 15.9. The van der Waals surface area contributed by atoms with Crippen LogP contribution in [0, 0.1) is 5.82 Å². The minimum atomic E-state index is -0.231. The van der Waals surface area contributed by atoms with Gasteiger partial charge in [0, 0.05) is 42.4 Å². The highest BCUT2D eigenvalue weighted by molar-refractivity contribution is 5.77. The van der Waals surface area contributed by atoms with Crippen molar-refractivity contribution in [3.05, 3.63) is 72.1 Å². The Hall–Kier alpha value is -4.14. The SMILES string of the molecule is Cn1nccc1Nc1nccc(-c2cc3n4c(nnc4c2)Cc2c(F)cccc2-3)n1. The second kappa shape index (κ2) is 6.18. The Kier molecular flexibility index (Phi) is 3.46. The Bertz CT molecular complexity index is 1430. The van der Waals surface area contributed by atoms with Crippen LogP contribution in [0.1, 0.15) is 11.4 Å². The summed E-state index contributed by atoms with van der Waals surface area (Å²) in [6.45, 7) is 0. The van der Waals surface area contributed by atoms with Gasteiger partial charge in [-0.25, -0.2) is 14.4 Å². The van der Waals surface area contributed by atoms with Crippen LogP contribution in [0.15, 0.2) is 54.9 Å². The van der Waals surface area contributed by atoms with E-state index < -0.39 is 0 Å². The van der Waals surface area contributed by atoms with E-state index in [0.717, 1.165) is 34.2 Å². The number of nitrogens with one attached hydrogen (secondary N) is 1. The molecular formula is C21H15FN8. The number of aromatic nitrogens is 7. The molecular weight excluding hydrogens is 383 g/mol. The summed E-state index contributed by atoms with van der Waals surface area (Å²) < 4.78 is 18.1. The van der Waals surface area contributed by atoms with E-state index in [1.54, 1.807) is 23.1 Å². The van der Waals surface area contributed by atoms with Gasteiger partial charge < -0.3 is 5.32 Å². The molecule has 9 heteroatoms. The molecule has 0 amide bonds. The van der Waals surface area contributed by atoms with Crippen LogP contribution in [-0.4, -0.2) is 34.3 Å². The molecule has 0 bridgehead atoms. The molecule has 8 nitrogen and oxygen atoms in total. The molecule has 0 fully saturated rings. The molecule has 1 aromatic carbocycles. The fourth-order valence-electron chi connectivity index (χ4n) is 3.87. The molecule has 0 atom stereocenters. The first kappa shape index (κ1) is 16.8. The highest BCUT2D eigenvalue weighted by Crippen LogP contribution is 2.35. The second-order valence-corrected chi connectivity index (χ2v) is 7.11. The second-order valence-electron chi connectivity index (χ2n) is 7.11. The van der Waals surface area contributed by atoms with Gasteiger partial charge in [-0.1, -0.05) is 12.1 Å². The smallest absolute Gasteiger partial charge is 0.228 e. The van der Waals surface area contributed by atoms with E-state index in [9.17, 15) is 4.39 Å². The average molecular weight is 398 g/mol. The van der Waals surface area contributed by atoms with Crippen LogP contribution in [-0.2, 0) is 13.5 Å². The fraction of sp³-hybridized carbons (Fsp3) is 0.0952. The van der Waals surface area contributed by atoms with Gasteiger partial charge in [-0.15, -0.1) is 10.2 Å². The molecule has 30 heavy (non-hydrogen) atoms. The Labute approximate surface area is 170 Å². The lowest BCUT2D eigenvalue weighted by Crippen LogP contribution is -2.10.